The topological polar surface area (TPSA) is 55.8 Å². The van der Waals surface area contributed by atoms with Gasteiger partial charge in [-0.05, 0) is 73.1 Å². The Bertz CT molecular complexity index is 1530. The number of methoxy groups -OCH3 is 1. The summed E-state index contributed by atoms with van der Waals surface area (Å²) in [7, 11) is 1.58. The van der Waals surface area contributed by atoms with Crippen LogP contribution in [0.2, 0.25) is 5.02 Å². The Hall–Kier alpha value is -3.35. The van der Waals surface area contributed by atoms with Gasteiger partial charge >= 0.3 is 0 Å². The molecule has 3 aliphatic rings. The molecule has 0 amide bonds. The fourth-order valence-corrected chi connectivity index (χ4v) is 7.03. The third kappa shape index (κ3) is 5.67. The Morgan fingerprint density at radius 1 is 0.857 bits per heavy atom. The van der Waals surface area contributed by atoms with E-state index in [0.29, 0.717) is 36.0 Å². The van der Waals surface area contributed by atoms with E-state index >= 15 is 0 Å². The standard InChI is InChI=1S/C35H33BrClNO4/c1-41-31-20-24(19-26(37)35(31)42-21-23-13-15-25(36)16-14-23)32-33-27(9-5-11-29(33)39)38(18-17-22-7-3-2-4-8-22)28-10-6-12-30(40)34(28)32/h2-4,7-8,13-16,19-20,32H,5-6,9-12,17-18,21H2,1H3. The summed E-state index contributed by atoms with van der Waals surface area (Å²) in [5.41, 5.74) is 6.63. The zero-order valence-corrected chi connectivity index (χ0v) is 26.0. The smallest absolute Gasteiger partial charge is 0.180 e. The molecule has 7 heteroatoms. The van der Waals surface area contributed by atoms with Crippen molar-refractivity contribution in [1.82, 2.24) is 4.90 Å². The lowest BCUT2D eigenvalue weighted by Crippen LogP contribution is -2.40. The van der Waals surface area contributed by atoms with Crippen LogP contribution in [0.15, 0.2) is 93.7 Å². The number of carbonyl (C=O) groups is 2. The molecular formula is C35H33BrClNO4. The van der Waals surface area contributed by atoms with Crippen LogP contribution in [0.1, 0.15) is 61.1 Å². The van der Waals surface area contributed by atoms with Gasteiger partial charge < -0.3 is 14.4 Å². The van der Waals surface area contributed by atoms with Crippen molar-refractivity contribution in [3.05, 3.63) is 115 Å². The molecule has 0 radical (unpaired) electrons. The molecule has 0 N–H and O–H groups in total. The van der Waals surface area contributed by atoms with Gasteiger partial charge in [-0.3, -0.25) is 9.59 Å². The predicted molar refractivity (Wildman–Crippen MR) is 168 cm³/mol. The fraction of sp³-hybridized carbons (Fsp3) is 0.314. The number of Topliss-reactive ketones (excluding diaryl/α,β-unsaturated/α-hetero) is 2. The molecule has 42 heavy (non-hydrogen) atoms. The summed E-state index contributed by atoms with van der Waals surface area (Å²) in [5.74, 6) is 0.690. The number of ether oxygens (including phenoxy) is 2. The second-order valence-electron chi connectivity index (χ2n) is 11.0. The molecule has 2 aliphatic carbocycles. The van der Waals surface area contributed by atoms with Crippen molar-refractivity contribution >= 4 is 39.1 Å². The Kier molecular flexibility index (Phi) is 8.55. The monoisotopic (exact) mass is 645 g/mol. The first-order valence-electron chi connectivity index (χ1n) is 14.5. The molecule has 0 bridgehead atoms. The zero-order chi connectivity index (χ0) is 29.2. The van der Waals surface area contributed by atoms with Crippen LogP contribution in [-0.2, 0) is 22.6 Å². The van der Waals surface area contributed by atoms with Gasteiger partial charge in [-0.1, -0.05) is 70.0 Å². The normalized spacial score (nSPS) is 17.4. The van der Waals surface area contributed by atoms with Gasteiger partial charge in [0.05, 0.1) is 12.1 Å². The number of benzene rings is 3. The number of carbonyl (C=O) groups excluding carboxylic acids is 2. The average molecular weight is 647 g/mol. The Balaban J connectivity index is 1.40. The van der Waals surface area contributed by atoms with E-state index < -0.39 is 5.92 Å². The van der Waals surface area contributed by atoms with E-state index in [1.807, 2.05) is 42.5 Å². The van der Waals surface area contributed by atoms with Gasteiger partial charge in [0.2, 0.25) is 0 Å². The van der Waals surface area contributed by atoms with Crippen molar-refractivity contribution < 1.29 is 19.1 Å². The summed E-state index contributed by atoms with van der Waals surface area (Å²) in [6.45, 7) is 1.06. The minimum absolute atomic E-state index is 0.113. The highest BCUT2D eigenvalue weighted by Crippen LogP contribution is 2.51. The molecule has 0 saturated carbocycles. The van der Waals surface area contributed by atoms with Crippen LogP contribution in [0.3, 0.4) is 0 Å². The molecule has 0 saturated heterocycles. The Labute approximate surface area is 260 Å². The third-order valence-electron chi connectivity index (χ3n) is 8.43. The highest BCUT2D eigenvalue weighted by Gasteiger charge is 2.43. The summed E-state index contributed by atoms with van der Waals surface area (Å²) < 4.78 is 12.9. The van der Waals surface area contributed by atoms with Crippen LogP contribution in [0, 0.1) is 0 Å². The first kappa shape index (κ1) is 28.8. The molecular weight excluding hydrogens is 614 g/mol. The summed E-state index contributed by atoms with van der Waals surface area (Å²) in [4.78, 5) is 29.7. The molecule has 0 unspecified atom stereocenters. The van der Waals surface area contributed by atoms with Crippen LogP contribution in [0.4, 0.5) is 0 Å². The van der Waals surface area contributed by atoms with Crippen LogP contribution in [0.25, 0.3) is 0 Å². The van der Waals surface area contributed by atoms with Crippen LogP contribution in [-0.4, -0.2) is 30.1 Å². The van der Waals surface area contributed by atoms with E-state index in [1.54, 1.807) is 7.11 Å². The van der Waals surface area contributed by atoms with Gasteiger partial charge in [-0.2, -0.15) is 0 Å². The number of allylic oxidation sites excluding steroid dienone is 4. The Morgan fingerprint density at radius 2 is 1.50 bits per heavy atom. The zero-order valence-electron chi connectivity index (χ0n) is 23.6. The van der Waals surface area contributed by atoms with E-state index in [4.69, 9.17) is 21.1 Å². The molecule has 6 rings (SSSR count). The lowest BCUT2D eigenvalue weighted by atomic mass is 9.71. The van der Waals surface area contributed by atoms with E-state index in [2.05, 4.69) is 45.1 Å². The van der Waals surface area contributed by atoms with Gasteiger partial charge in [-0.15, -0.1) is 0 Å². The van der Waals surface area contributed by atoms with Gasteiger partial charge in [0.15, 0.2) is 23.1 Å². The van der Waals surface area contributed by atoms with Gasteiger partial charge in [0.25, 0.3) is 0 Å². The molecule has 0 fully saturated rings. The van der Waals surface area contributed by atoms with Crippen molar-refractivity contribution in [1.29, 1.82) is 0 Å². The van der Waals surface area contributed by atoms with E-state index in [1.165, 1.54) is 5.56 Å². The first-order chi connectivity index (χ1) is 20.4. The minimum Gasteiger partial charge on any atom is -0.493 e. The van der Waals surface area contributed by atoms with Crippen LogP contribution < -0.4 is 9.47 Å². The summed E-state index contributed by atoms with van der Waals surface area (Å²) in [5, 5.41) is 0.392. The lowest BCUT2D eigenvalue weighted by molar-refractivity contribution is -0.117. The van der Waals surface area contributed by atoms with Crippen LogP contribution >= 0.6 is 27.5 Å². The quantitative estimate of drug-likeness (QED) is 0.246. The molecule has 5 nitrogen and oxygen atoms in total. The molecule has 3 aromatic rings. The molecule has 3 aromatic carbocycles. The third-order valence-corrected chi connectivity index (χ3v) is 9.24. The fourth-order valence-electron chi connectivity index (χ4n) is 6.49. The van der Waals surface area contributed by atoms with Crippen molar-refractivity contribution in [2.24, 2.45) is 0 Å². The number of rotatable bonds is 8. The predicted octanol–water partition coefficient (Wildman–Crippen LogP) is 8.35. The highest BCUT2D eigenvalue weighted by atomic mass is 79.9. The maximum Gasteiger partial charge on any atom is 0.180 e. The van der Waals surface area contributed by atoms with Crippen molar-refractivity contribution in [3.8, 4) is 11.5 Å². The number of ketones is 2. The maximum absolute atomic E-state index is 13.7. The summed E-state index contributed by atoms with van der Waals surface area (Å²) in [6.07, 6.45) is 5.07. The molecule has 216 valence electrons. The average Bonchev–Trinajstić information content (AvgIpc) is 3.00. The highest BCUT2D eigenvalue weighted by molar-refractivity contribution is 9.10. The van der Waals surface area contributed by atoms with Crippen molar-refractivity contribution in [2.75, 3.05) is 13.7 Å². The molecule has 0 spiro atoms. The van der Waals surface area contributed by atoms with Gasteiger partial charge in [0, 0.05) is 52.3 Å². The number of nitrogens with zero attached hydrogens (tertiary/aromatic N) is 1. The molecule has 1 aliphatic heterocycles. The molecule has 0 aromatic heterocycles. The number of hydrogen-bond donors (Lipinski definition) is 0. The number of halogens is 2. The lowest BCUT2D eigenvalue weighted by Gasteiger charge is -2.44. The molecule has 0 atom stereocenters. The van der Waals surface area contributed by atoms with Crippen LogP contribution in [0.5, 0.6) is 11.5 Å². The van der Waals surface area contributed by atoms with Gasteiger partial charge in [-0.25, -0.2) is 0 Å². The van der Waals surface area contributed by atoms with Gasteiger partial charge in [0.1, 0.15) is 6.61 Å². The summed E-state index contributed by atoms with van der Waals surface area (Å²) in [6, 6.07) is 22.0. The largest absolute Gasteiger partial charge is 0.493 e. The molecule has 1 heterocycles. The van der Waals surface area contributed by atoms with E-state index in [0.717, 1.165) is 76.8 Å². The number of hydrogen-bond acceptors (Lipinski definition) is 5. The van der Waals surface area contributed by atoms with Crippen molar-refractivity contribution in [2.45, 2.75) is 57.5 Å². The SMILES string of the molecule is COc1cc(C2C3=C(CCCC3=O)N(CCc3ccccc3)C3=C2C(=O)CCC3)cc(Cl)c1OCc1ccc(Br)cc1. The second kappa shape index (κ2) is 12.5. The van der Waals surface area contributed by atoms with Crippen molar-refractivity contribution in [3.63, 3.8) is 0 Å². The minimum atomic E-state index is -0.463. The maximum atomic E-state index is 13.7. The summed E-state index contributed by atoms with van der Waals surface area (Å²) >= 11 is 10.3. The van der Waals surface area contributed by atoms with E-state index in [9.17, 15) is 9.59 Å². The van der Waals surface area contributed by atoms with E-state index in [-0.39, 0.29) is 11.6 Å². The second-order valence-corrected chi connectivity index (χ2v) is 12.4. The first-order valence-corrected chi connectivity index (χ1v) is 15.7. The Morgan fingerprint density at radius 3 is 2.12 bits per heavy atom.